The van der Waals surface area contributed by atoms with Gasteiger partial charge < -0.3 is 9.47 Å². The molecule has 1 atom stereocenters. The van der Waals surface area contributed by atoms with Gasteiger partial charge in [0, 0.05) is 36.7 Å². The normalized spacial score (nSPS) is 19.1. The van der Waals surface area contributed by atoms with Crippen LogP contribution in [0.1, 0.15) is 27.6 Å². The van der Waals surface area contributed by atoms with E-state index < -0.39 is 15.1 Å². The molecular weight excluding hydrogens is 372 g/mol. The van der Waals surface area contributed by atoms with Crippen molar-refractivity contribution in [2.45, 2.75) is 11.7 Å². The molecule has 2 heterocycles. The van der Waals surface area contributed by atoms with E-state index in [1.54, 1.807) is 17.0 Å². The third-order valence-corrected chi connectivity index (χ3v) is 7.34. The van der Waals surface area contributed by atoms with Gasteiger partial charge in [0.2, 0.25) is 0 Å². The molecule has 2 aromatic carbocycles. The highest BCUT2D eigenvalue weighted by atomic mass is 32.2. The number of carbonyl (C=O) groups excluding carboxylic acids is 1. The van der Waals surface area contributed by atoms with Crippen molar-refractivity contribution in [3.8, 4) is 5.69 Å². The quantitative estimate of drug-likeness (QED) is 0.683. The first-order valence-electron chi connectivity index (χ1n) is 9.34. The Morgan fingerprint density at radius 1 is 0.857 bits per heavy atom. The second-order valence-electron chi connectivity index (χ2n) is 6.98. The van der Waals surface area contributed by atoms with E-state index in [0.717, 1.165) is 11.3 Å². The molecule has 1 amide bonds. The highest BCUT2D eigenvalue weighted by molar-refractivity contribution is 7.91. The van der Waals surface area contributed by atoms with E-state index in [-0.39, 0.29) is 18.2 Å². The summed E-state index contributed by atoms with van der Waals surface area (Å²) in [5.74, 6) is -0.136. The molecule has 1 saturated heterocycles. The lowest BCUT2D eigenvalue weighted by Crippen LogP contribution is -2.33. The minimum atomic E-state index is -3.30. The first kappa shape index (κ1) is 18.5. The van der Waals surface area contributed by atoms with E-state index in [1.165, 1.54) is 0 Å². The van der Waals surface area contributed by atoms with Crippen LogP contribution in [0.3, 0.4) is 0 Å². The van der Waals surface area contributed by atoms with Gasteiger partial charge in [-0.2, -0.15) is 0 Å². The summed E-state index contributed by atoms with van der Waals surface area (Å²) in [7, 11) is -3.30. The Kier molecular flexibility index (Phi) is 5.05. The average molecular weight is 394 g/mol. The smallest absolute Gasteiger partial charge is 0.253 e. The largest absolute Gasteiger partial charge is 0.338 e. The van der Waals surface area contributed by atoms with E-state index in [9.17, 15) is 13.2 Å². The number of sulfone groups is 1. The predicted molar refractivity (Wildman–Crippen MR) is 109 cm³/mol. The van der Waals surface area contributed by atoms with Gasteiger partial charge >= 0.3 is 0 Å². The lowest BCUT2D eigenvalue weighted by atomic mass is 10.1. The Labute approximate surface area is 165 Å². The summed E-state index contributed by atoms with van der Waals surface area (Å²) in [6, 6.07) is 20.6. The van der Waals surface area contributed by atoms with E-state index in [2.05, 4.69) is 0 Å². The molecule has 0 aliphatic carbocycles. The Morgan fingerprint density at radius 2 is 1.54 bits per heavy atom. The summed E-state index contributed by atoms with van der Waals surface area (Å²) in [6.07, 6.45) is 4.31. The maximum absolute atomic E-state index is 12.9. The lowest BCUT2D eigenvalue weighted by Gasteiger charge is -2.20. The predicted octanol–water partition coefficient (Wildman–Crippen LogP) is 3.48. The maximum atomic E-state index is 12.9. The first-order valence-corrected chi connectivity index (χ1v) is 11.1. The van der Waals surface area contributed by atoms with Crippen LogP contribution >= 0.6 is 0 Å². The first-order chi connectivity index (χ1) is 13.5. The number of hydrogen-bond donors (Lipinski definition) is 0. The van der Waals surface area contributed by atoms with Gasteiger partial charge in [-0.3, -0.25) is 4.79 Å². The number of nitrogens with zero attached hydrogens (tertiary/aromatic N) is 2. The molecule has 4 rings (SSSR count). The summed E-state index contributed by atoms with van der Waals surface area (Å²) in [5, 5.41) is -0.553. The van der Waals surface area contributed by atoms with Crippen LogP contribution in [0.5, 0.6) is 0 Å². The monoisotopic (exact) mass is 394 g/mol. The van der Waals surface area contributed by atoms with E-state index in [4.69, 9.17) is 0 Å². The van der Waals surface area contributed by atoms with Crippen LogP contribution in [0, 0.1) is 0 Å². The van der Waals surface area contributed by atoms with Crippen LogP contribution in [0.2, 0.25) is 0 Å². The number of benzene rings is 2. The van der Waals surface area contributed by atoms with Crippen LogP contribution in [0.4, 0.5) is 0 Å². The van der Waals surface area contributed by atoms with Gasteiger partial charge in [0.1, 0.15) is 0 Å². The fraction of sp³-hybridized carbons (Fsp3) is 0.227. The van der Waals surface area contributed by atoms with Crippen molar-refractivity contribution in [2.75, 3.05) is 18.8 Å². The van der Waals surface area contributed by atoms with Gasteiger partial charge in [-0.15, -0.1) is 0 Å². The van der Waals surface area contributed by atoms with E-state index in [1.807, 2.05) is 71.6 Å². The maximum Gasteiger partial charge on any atom is 0.253 e. The molecule has 1 aliphatic heterocycles. The zero-order chi connectivity index (χ0) is 19.6. The van der Waals surface area contributed by atoms with Crippen LogP contribution in [-0.2, 0) is 9.84 Å². The zero-order valence-electron chi connectivity index (χ0n) is 15.4. The molecule has 0 bridgehead atoms. The fourth-order valence-corrected chi connectivity index (χ4v) is 5.45. The Bertz CT molecular complexity index is 1040. The van der Waals surface area contributed by atoms with Crippen molar-refractivity contribution in [3.05, 3.63) is 90.3 Å². The highest BCUT2D eigenvalue weighted by Gasteiger charge is 2.32. The molecule has 28 heavy (non-hydrogen) atoms. The molecule has 144 valence electrons. The zero-order valence-corrected chi connectivity index (χ0v) is 16.3. The van der Waals surface area contributed by atoms with Crippen molar-refractivity contribution < 1.29 is 13.2 Å². The van der Waals surface area contributed by atoms with Crippen LogP contribution in [0.15, 0.2) is 79.1 Å². The number of hydrogen-bond acceptors (Lipinski definition) is 3. The minimum Gasteiger partial charge on any atom is -0.338 e. The summed E-state index contributed by atoms with van der Waals surface area (Å²) in [5.41, 5.74) is 2.35. The lowest BCUT2D eigenvalue weighted by molar-refractivity contribution is 0.0766. The molecule has 0 N–H and O–H groups in total. The fourth-order valence-electron chi connectivity index (χ4n) is 3.65. The number of aromatic nitrogens is 1. The van der Waals surface area contributed by atoms with E-state index >= 15 is 0 Å². The van der Waals surface area contributed by atoms with Crippen molar-refractivity contribution in [1.29, 1.82) is 0 Å². The molecule has 0 saturated carbocycles. The second kappa shape index (κ2) is 7.64. The number of carbonyl (C=O) groups is 1. The molecule has 0 radical (unpaired) electrons. The molecule has 1 unspecified atom stereocenters. The molecule has 1 aromatic heterocycles. The number of rotatable bonds is 3. The summed E-state index contributed by atoms with van der Waals surface area (Å²) in [4.78, 5) is 14.6. The van der Waals surface area contributed by atoms with Crippen molar-refractivity contribution in [2.24, 2.45) is 0 Å². The van der Waals surface area contributed by atoms with Gasteiger partial charge in [-0.1, -0.05) is 30.3 Å². The second-order valence-corrected chi connectivity index (χ2v) is 9.29. The van der Waals surface area contributed by atoms with Gasteiger partial charge in [0.05, 0.1) is 11.0 Å². The average Bonchev–Trinajstić information content (AvgIpc) is 3.20. The molecular formula is C22H22N2O3S. The topological polar surface area (TPSA) is 59.4 Å². The van der Waals surface area contributed by atoms with Crippen LogP contribution in [-0.4, -0.2) is 42.6 Å². The SMILES string of the molecule is O=C(c1ccc(-n2cccc2)cc1)N1CCC(c2ccccc2)S(=O)(=O)CC1. The van der Waals surface area contributed by atoms with E-state index in [0.29, 0.717) is 18.5 Å². The summed E-state index contributed by atoms with van der Waals surface area (Å²) >= 11 is 0. The van der Waals surface area contributed by atoms with Crippen molar-refractivity contribution in [1.82, 2.24) is 9.47 Å². The molecule has 1 aliphatic rings. The van der Waals surface area contributed by atoms with Crippen LogP contribution in [0.25, 0.3) is 5.69 Å². The number of amides is 1. The van der Waals surface area contributed by atoms with Crippen molar-refractivity contribution >= 4 is 15.7 Å². The Balaban J connectivity index is 1.51. The molecule has 5 nitrogen and oxygen atoms in total. The molecule has 1 fully saturated rings. The van der Waals surface area contributed by atoms with Gasteiger partial charge in [0.25, 0.3) is 5.91 Å². The third-order valence-electron chi connectivity index (χ3n) is 5.22. The highest BCUT2D eigenvalue weighted by Crippen LogP contribution is 2.29. The van der Waals surface area contributed by atoms with Crippen molar-refractivity contribution in [3.63, 3.8) is 0 Å². The minimum absolute atomic E-state index is 0.0141. The summed E-state index contributed by atoms with van der Waals surface area (Å²) < 4.78 is 27.5. The Hall–Kier alpha value is -2.86. The molecule has 3 aromatic rings. The third kappa shape index (κ3) is 3.73. The summed E-state index contributed by atoms with van der Waals surface area (Å²) in [6.45, 7) is 0.654. The van der Waals surface area contributed by atoms with Gasteiger partial charge in [-0.25, -0.2) is 8.42 Å². The molecule has 6 heteroatoms. The Morgan fingerprint density at radius 3 is 2.21 bits per heavy atom. The molecule has 0 spiro atoms. The van der Waals surface area contributed by atoms with Gasteiger partial charge in [0.15, 0.2) is 9.84 Å². The standard InChI is InChI=1S/C22H22N2O3S/c25-22(19-8-10-20(11-9-19)23-13-4-5-14-23)24-15-12-21(28(26,27)17-16-24)18-6-2-1-3-7-18/h1-11,13-14,21H,12,15-17H2. The van der Waals surface area contributed by atoms with Gasteiger partial charge in [-0.05, 0) is 48.4 Å². The van der Waals surface area contributed by atoms with Crippen LogP contribution < -0.4 is 0 Å².